The Kier molecular flexibility index (Phi) is 4.30. The molecule has 0 unspecified atom stereocenters. The van der Waals surface area contributed by atoms with Gasteiger partial charge < -0.3 is 9.47 Å². The lowest BCUT2D eigenvalue weighted by Gasteiger charge is -2.09. The van der Waals surface area contributed by atoms with Gasteiger partial charge >= 0.3 is 0 Å². The van der Waals surface area contributed by atoms with Crippen LogP contribution in [0.1, 0.15) is 15.9 Å². The van der Waals surface area contributed by atoms with Gasteiger partial charge in [0.05, 0.1) is 12.7 Å². The van der Waals surface area contributed by atoms with E-state index in [1.165, 1.54) is 0 Å². The third-order valence-electron chi connectivity index (χ3n) is 2.76. The van der Waals surface area contributed by atoms with Crippen LogP contribution in [0.5, 0.6) is 11.5 Å². The number of ether oxygens (including phenoxy) is 2. The Balaban J connectivity index is 2.12. The van der Waals surface area contributed by atoms with E-state index in [9.17, 15) is 13.6 Å². The highest BCUT2D eigenvalue weighted by Crippen LogP contribution is 2.23. The van der Waals surface area contributed by atoms with Crippen LogP contribution in [-0.4, -0.2) is 13.4 Å². The maximum atomic E-state index is 13.7. The summed E-state index contributed by atoms with van der Waals surface area (Å²) in [7, 11) is 1.56. The zero-order valence-electron chi connectivity index (χ0n) is 10.7. The number of hydrogen-bond donors (Lipinski definition) is 0. The van der Waals surface area contributed by atoms with Crippen LogP contribution in [0.15, 0.2) is 36.4 Å². The van der Waals surface area contributed by atoms with Crippen LogP contribution >= 0.6 is 0 Å². The van der Waals surface area contributed by atoms with Crippen molar-refractivity contribution in [2.24, 2.45) is 0 Å². The second-order valence-electron chi connectivity index (χ2n) is 4.03. The van der Waals surface area contributed by atoms with Crippen molar-refractivity contribution in [2.45, 2.75) is 6.61 Å². The van der Waals surface area contributed by atoms with Gasteiger partial charge in [0.25, 0.3) is 0 Å². The van der Waals surface area contributed by atoms with Gasteiger partial charge in [0, 0.05) is 0 Å². The van der Waals surface area contributed by atoms with E-state index in [0.29, 0.717) is 5.75 Å². The topological polar surface area (TPSA) is 35.5 Å². The first-order chi connectivity index (χ1) is 9.65. The third kappa shape index (κ3) is 2.93. The summed E-state index contributed by atoms with van der Waals surface area (Å²) in [6, 6.07) is 9.17. The quantitative estimate of drug-likeness (QED) is 0.787. The molecule has 0 aliphatic rings. The van der Waals surface area contributed by atoms with Crippen molar-refractivity contribution in [1.82, 2.24) is 0 Å². The summed E-state index contributed by atoms with van der Waals surface area (Å²) in [5, 5.41) is 0. The standard InChI is InChI=1S/C15H12F2O3/c1-19-11-4-2-10(3-5-11)9-20-14-7-6-13(16)12(8-18)15(14)17/h2-8H,9H2,1H3. The highest BCUT2D eigenvalue weighted by atomic mass is 19.1. The summed E-state index contributed by atoms with van der Waals surface area (Å²) in [5.74, 6) is -1.36. The smallest absolute Gasteiger partial charge is 0.178 e. The van der Waals surface area contributed by atoms with E-state index in [-0.39, 0.29) is 18.6 Å². The Morgan fingerprint density at radius 3 is 2.40 bits per heavy atom. The summed E-state index contributed by atoms with van der Waals surface area (Å²) < 4.78 is 37.1. The summed E-state index contributed by atoms with van der Waals surface area (Å²) in [6.07, 6.45) is 0.130. The number of benzene rings is 2. The summed E-state index contributed by atoms with van der Waals surface area (Å²) in [6.45, 7) is 0.102. The van der Waals surface area contributed by atoms with E-state index in [4.69, 9.17) is 9.47 Å². The molecule has 0 bridgehead atoms. The fourth-order valence-corrected chi connectivity index (χ4v) is 1.65. The van der Waals surface area contributed by atoms with Crippen LogP contribution in [-0.2, 0) is 6.61 Å². The molecule has 0 N–H and O–H groups in total. The molecule has 0 amide bonds. The van der Waals surface area contributed by atoms with Crippen molar-refractivity contribution in [3.8, 4) is 11.5 Å². The van der Waals surface area contributed by atoms with Gasteiger partial charge in [-0.25, -0.2) is 8.78 Å². The summed E-state index contributed by atoms with van der Waals surface area (Å²) >= 11 is 0. The van der Waals surface area contributed by atoms with E-state index < -0.39 is 17.2 Å². The van der Waals surface area contributed by atoms with Crippen molar-refractivity contribution in [1.29, 1.82) is 0 Å². The van der Waals surface area contributed by atoms with Gasteiger partial charge in [0.1, 0.15) is 18.2 Å². The molecule has 0 saturated carbocycles. The Bertz CT molecular complexity index is 609. The molecule has 0 aliphatic heterocycles. The predicted octanol–water partition coefficient (Wildman–Crippen LogP) is 3.36. The highest BCUT2D eigenvalue weighted by molar-refractivity contribution is 5.76. The molecule has 0 fully saturated rings. The molecule has 2 aromatic rings. The maximum Gasteiger partial charge on any atom is 0.178 e. The zero-order chi connectivity index (χ0) is 14.5. The fourth-order valence-electron chi connectivity index (χ4n) is 1.65. The highest BCUT2D eigenvalue weighted by Gasteiger charge is 2.14. The van der Waals surface area contributed by atoms with E-state index in [0.717, 1.165) is 17.7 Å². The lowest BCUT2D eigenvalue weighted by molar-refractivity contribution is 0.111. The Morgan fingerprint density at radius 2 is 1.80 bits per heavy atom. The molecule has 0 aromatic heterocycles. The van der Waals surface area contributed by atoms with Crippen LogP contribution in [0.2, 0.25) is 0 Å². The van der Waals surface area contributed by atoms with Crippen molar-refractivity contribution in [2.75, 3.05) is 7.11 Å². The van der Waals surface area contributed by atoms with Crippen LogP contribution in [0.3, 0.4) is 0 Å². The van der Waals surface area contributed by atoms with Crippen molar-refractivity contribution in [3.63, 3.8) is 0 Å². The van der Waals surface area contributed by atoms with E-state index in [1.807, 2.05) is 0 Å². The molecule has 0 saturated heterocycles. The number of carbonyl (C=O) groups excluding carboxylic acids is 1. The normalized spacial score (nSPS) is 10.2. The van der Waals surface area contributed by atoms with Crippen LogP contribution in [0.25, 0.3) is 0 Å². The second kappa shape index (κ2) is 6.14. The molecule has 0 spiro atoms. The van der Waals surface area contributed by atoms with Crippen molar-refractivity contribution < 1.29 is 23.0 Å². The number of rotatable bonds is 5. The maximum absolute atomic E-state index is 13.7. The SMILES string of the molecule is COc1ccc(COc2ccc(F)c(C=O)c2F)cc1. The Labute approximate surface area is 114 Å². The lowest BCUT2D eigenvalue weighted by atomic mass is 10.2. The lowest BCUT2D eigenvalue weighted by Crippen LogP contribution is -2.01. The van der Waals surface area contributed by atoms with Crippen molar-refractivity contribution >= 4 is 6.29 Å². The number of hydrogen-bond acceptors (Lipinski definition) is 3. The minimum Gasteiger partial charge on any atom is -0.497 e. The first-order valence-electron chi connectivity index (χ1n) is 5.84. The predicted molar refractivity (Wildman–Crippen MR) is 69.1 cm³/mol. The number of halogens is 2. The van der Waals surface area contributed by atoms with Gasteiger partial charge in [0.2, 0.25) is 0 Å². The zero-order valence-corrected chi connectivity index (χ0v) is 10.7. The molecule has 5 heteroatoms. The molecule has 2 rings (SSSR count). The van der Waals surface area contributed by atoms with Crippen LogP contribution in [0.4, 0.5) is 8.78 Å². The molecule has 0 heterocycles. The van der Waals surface area contributed by atoms with Gasteiger partial charge in [-0.2, -0.15) is 0 Å². The molecule has 2 aromatic carbocycles. The minimum absolute atomic E-state index is 0.102. The molecule has 104 valence electrons. The van der Waals surface area contributed by atoms with Gasteiger partial charge in [-0.3, -0.25) is 4.79 Å². The summed E-state index contributed by atoms with van der Waals surface area (Å²) in [4.78, 5) is 10.6. The van der Waals surface area contributed by atoms with E-state index in [1.54, 1.807) is 31.4 Å². The van der Waals surface area contributed by atoms with Gasteiger partial charge in [-0.05, 0) is 29.8 Å². The minimum atomic E-state index is -0.992. The molecule has 0 aliphatic carbocycles. The van der Waals surface area contributed by atoms with Gasteiger partial charge in [0.15, 0.2) is 17.9 Å². The largest absolute Gasteiger partial charge is 0.497 e. The molecule has 20 heavy (non-hydrogen) atoms. The Morgan fingerprint density at radius 1 is 1.10 bits per heavy atom. The second-order valence-corrected chi connectivity index (χ2v) is 4.03. The number of aldehydes is 1. The average Bonchev–Trinajstić information content (AvgIpc) is 2.47. The Hall–Kier alpha value is -2.43. The fraction of sp³-hybridized carbons (Fsp3) is 0.133. The first-order valence-corrected chi connectivity index (χ1v) is 5.84. The monoisotopic (exact) mass is 278 g/mol. The number of methoxy groups -OCH3 is 1. The van der Waals surface area contributed by atoms with Crippen LogP contribution in [0, 0.1) is 11.6 Å². The molecule has 0 radical (unpaired) electrons. The van der Waals surface area contributed by atoms with Gasteiger partial charge in [-0.15, -0.1) is 0 Å². The molecular formula is C15H12F2O3. The molecule has 3 nitrogen and oxygen atoms in total. The van der Waals surface area contributed by atoms with Crippen LogP contribution < -0.4 is 9.47 Å². The summed E-state index contributed by atoms with van der Waals surface area (Å²) in [5.41, 5.74) is 0.166. The first kappa shape index (κ1) is 14.0. The van der Waals surface area contributed by atoms with E-state index >= 15 is 0 Å². The molecule has 0 atom stereocenters. The van der Waals surface area contributed by atoms with E-state index in [2.05, 4.69) is 0 Å². The van der Waals surface area contributed by atoms with Gasteiger partial charge in [-0.1, -0.05) is 12.1 Å². The average molecular weight is 278 g/mol. The number of carbonyl (C=O) groups is 1. The third-order valence-corrected chi connectivity index (χ3v) is 2.76. The molecular weight excluding hydrogens is 266 g/mol. The van der Waals surface area contributed by atoms with Crippen molar-refractivity contribution in [3.05, 3.63) is 59.2 Å².